The van der Waals surface area contributed by atoms with E-state index in [9.17, 15) is 18.0 Å². The number of ether oxygens (including phenoxy) is 2. The molecule has 3 rings (SSSR count). The molecule has 2 aromatic heterocycles. The molecule has 0 fully saturated rings. The Labute approximate surface area is 158 Å². The van der Waals surface area contributed by atoms with Gasteiger partial charge in [-0.1, -0.05) is 0 Å². The SMILES string of the molecule is COc1ccc(NC(=O)CCn2c(C(F)(F)F)cc3cccnc32)c(OC)c1. The van der Waals surface area contributed by atoms with Crippen LogP contribution in [0.25, 0.3) is 11.0 Å². The topological polar surface area (TPSA) is 65.4 Å². The van der Waals surface area contributed by atoms with E-state index in [0.717, 1.165) is 10.6 Å². The van der Waals surface area contributed by atoms with Crippen LogP contribution in [-0.4, -0.2) is 29.7 Å². The number of aromatic nitrogens is 2. The van der Waals surface area contributed by atoms with Crippen molar-refractivity contribution in [1.82, 2.24) is 9.55 Å². The summed E-state index contributed by atoms with van der Waals surface area (Å²) in [6.45, 7) is -0.167. The molecular weight excluding hydrogens is 375 g/mol. The van der Waals surface area contributed by atoms with Crippen molar-refractivity contribution in [3.63, 3.8) is 0 Å². The molecule has 0 spiro atoms. The number of hydrogen-bond donors (Lipinski definition) is 1. The zero-order valence-corrected chi connectivity index (χ0v) is 15.2. The van der Waals surface area contributed by atoms with Gasteiger partial charge in [0.2, 0.25) is 5.91 Å². The lowest BCUT2D eigenvalue weighted by Gasteiger charge is -2.14. The van der Waals surface area contributed by atoms with E-state index in [-0.39, 0.29) is 18.6 Å². The van der Waals surface area contributed by atoms with Gasteiger partial charge in [-0.25, -0.2) is 4.98 Å². The second kappa shape index (κ2) is 7.79. The standard InChI is InChI=1S/C19H18F3N3O3/c1-27-13-5-6-14(15(11-13)28-2)24-17(26)7-9-25-16(19(20,21)22)10-12-4-3-8-23-18(12)25/h3-6,8,10-11H,7,9H2,1-2H3,(H,24,26). The summed E-state index contributed by atoms with van der Waals surface area (Å²) in [5.74, 6) is 0.487. The predicted molar refractivity (Wildman–Crippen MR) is 97.5 cm³/mol. The Morgan fingerprint density at radius 2 is 1.96 bits per heavy atom. The number of anilines is 1. The third kappa shape index (κ3) is 4.03. The van der Waals surface area contributed by atoms with E-state index in [4.69, 9.17) is 9.47 Å². The van der Waals surface area contributed by atoms with Crippen LogP contribution in [0.3, 0.4) is 0 Å². The molecule has 0 aliphatic heterocycles. The molecule has 0 saturated carbocycles. The molecule has 1 N–H and O–H groups in total. The number of amides is 1. The maximum atomic E-state index is 13.4. The molecular formula is C19H18F3N3O3. The highest BCUT2D eigenvalue weighted by molar-refractivity contribution is 5.92. The molecule has 0 unspecified atom stereocenters. The highest BCUT2D eigenvalue weighted by Gasteiger charge is 2.35. The Morgan fingerprint density at radius 3 is 2.64 bits per heavy atom. The fraction of sp³-hybridized carbons (Fsp3) is 0.263. The van der Waals surface area contributed by atoms with Crippen LogP contribution in [0.4, 0.5) is 18.9 Å². The lowest BCUT2D eigenvalue weighted by Crippen LogP contribution is -2.19. The average Bonchev–Trinajstić information content (AvgIpc) is 3.06. The van der Waals surface area contributed by atoms with Crippen LogP contribution in [0.15, 0.2) is 42.6 Å². The van der Waals surface area contributed by atoms with Gasteiger partial charge in [0, 0.05) is 30.6 Å². The summed E-state index contributed by atoms with van der Waals surface area (Å²) >= 11 is 0. The maximum absolute atomic E-state index is 13.4. The van der Waals surface area contributed by atoms with Gasteiger partial charge in [0.05, 0.1) is 19.9 Å². The Kier molecular flexibility index (Phi) is 5.43. The van der Waals surface area contributed by atoms with Crippen molar-refractivity contribution in [1.29, 1.82) is 0 Å². The summed E-state index contributed by atoms with van der Waals surface area (Å²) in [6, 6.07) is 8.99. The van der Waals surface area contributed by atoms with Gasteiger partial charge in [-0.15, -0.1) is 0 Å². The minimum Gasteiger partial charge on any atom is -0.497 e. The second-order valence-corrected chi connectivity index (χ2v) is 5.96. The van der Waals surface area contributed by atoms with Gasteiger partial charge in [-0.3, -0.25) is 4.79 Å². The number of methoxy groups -OCH3 is 2. The molecule has 0 aliphatic carbocycles. The van der Waals surface area contributed by atoms with Crippen molar-refractivity contribution in [2.24, 2.45) is 0 Å². The molecule has 28 heavy (non-hydrogen) atoms. The van der Waals surface area contributed by atoms with E-state index >= 15 is 0 Å². The second-order valence-electron chi connectivity index (χ2n) is 5.96. The highest BCUT2D eigenvalue weighted by Crippen LogP contribution is 2.34. The van der Waals surface area contributed by atoms with Crippen molar-refractivity contribution in [3.05, 3.63) is 48.3 Å². The van der Waals surface area contributed by atoms with Crippen LogP contribution in [0.2, 0.25) is 0 Å². The van der Waals surface area contributed by atoms with Crippen LogP contribution >= 0.6 is 0 Å². The summed E-state index contributed by atoms with van der Waals surface area (Å²) < 4.78 is 51.4. The number of fused-ring (bicyclic) bond motifs is 1. The first-order valence-corrected chi connectivity index (χ1v) is 8.37. The fourth-order valence-corrected chi connectivity index (χ4v) is 2.88. The van der Waals surface area contributed by atoms with Gasteiger partial charge in [-0.2, -0.15) is 13.2 Å². The summed E-state index contributed by atoms with van der Waals surface area (Å²) in [6.07, 6.45) is -3.30. The third-order valence-corrected chi connectivity index (χ3v) is 4.19. The number of aryl methyl sites for hydroxylation is 1. The van der Waals surface area contributed by atoms with Crippen LogP contribution in [-0.2, 0) is 17.5 Å². The Hall–Kier alpha value is -3.23. The quantitative estimate of drug-likeness (QED) is 0.685. The monoisotopic (exact) mass is 393 g/mol. The lowest BCUT2D eigenvalue weighted by molar-refractivity contribution is -0.143. The third-order valence-electron chi connectivity index (χ3n) is 4.19. The van der Waals surface area contributed by atoms with E-state index < -0.39 is 17.8 Å². The van der Waals surface area contributed by atoms with Crippen LogP contribution in [0.5, 0.6) is 11.5 Å². The molecule has 1 aromatic carbocycles. The van der Waals surface area contributed by atoms with Crippen LogP contribution in [0, 0.1) is 0 Å². The molecule has 2 heterocycles. The molecule has 0 atom stereocenters. The van der Waals surface area contributed by atoms with Crippen molar-refractivity contribution >= 4 is 22.6 Å². The highest BCUT2D eigenvalue weighted by atomic mass is 19.4. The number of alkyl halides is 3. The van der Waals surface area contributed by atoms with E-state index in [2.05, 4.69) is 10.3 Å². The largest absolute Gasteiger partial charge is 0.497 e. The lowest BCUT2D eigenvalue weighted by atomic mass is 10.2. The van der Waals surface area contributed by atoms with E-state index in [1.165, 1.54) is 20.4 Å². The molecule has 1 amide bonds. The molecule has 0 radical (unpaired) electrons. The first-order chi connectivity index (χ1) is 13.3. The summed E-state index contributed by atoms with van der Waals surface area (Å²) in [5.41, 5.74) is -0.250. The number of rotatable bonds is 6. The Balaban J connectivity index is 1.78. The van der Waals surface area contributed by atoms with Crippen molar-refractivity contribution in [2.45, 2.75) is 19.1 Å². The molecule has 0 saturated heterocycles. The minimum atomic E-state index is -4.55. The number of pyridine rings is 1. The molecule has 9 heteroatoms. The maximum Gasteiger partial charge on any atom is 0.431 e. The van der Waals surface area contributed by atoms with Gasteiger partial charge >= 0.3 is 6.18 Å². The van der Waals surface area contributed by atoms with Gasteiger partial charge < -0.3 is 19.4 Å². The molecule has 3 aromatic rings. The van der Waals surface area contributed by atoms with Crippen LogP contribution in [0.1, 0.15) is 12.1 Å². The summed E-state index contributed by atoms with van der Waals surface area (Å²) in [5, 5.41) is 3.01. The van der Waals surface area contributed by atoms with E-state index in [1.54, 1.807) is 30.3 Å². The number of benzene rings is 1. The normalized spacial score (nSPS) is 11.5. The Bertz CT molecular complexity index is 999. The predicted octanol–water partition coefficient (Wildman–Crippen LogP) is 4.10. The smallest absolute Gasteiger partial charge is 0.431 e. The molecule has 0 bridgehead atoms. The van der Waals surface area contributed by atoms with Gasteiger partial charge in [0.15, 0.2) is 0 Å². The average molecular weight is 393 g/mol. The van der Waals surface area contributed by atoms with Gasteiger partial charge in [0.25, 0.3) is 0 Å². The van der Waals surface area contributed by atoms with Crippen LogP contribution < -0.4 is 14.8 Å². The summed E-state index contributed by atoms with van der Waals surface area (Å²) in [4.78, 5) is 16.3. The molecule has 6 nitrogen and oxygen atoms in total. The fourth-order valence-electron chi connectivity index (χ4n) is 2.88. The van der Waals surface area contributed by atoms with Crippen molar-refractivity contribution in [2.75, 3.05) is 19.5 Å². The number of nitrogens with zero attached hydrogens (tertiary/aromatic N) is 2. The Morgan fingerprint density at radius 1 is 1.18 bits per heavy atom. The van der Waals surface area contributed by atoms with Gasteiger partial charge in [0.1, 0.15) is 22.8 Å². The number of carbonyl (C=O) groups excluding carboxylic acids is 1. The zero-order valence-electron chi connectivity index (χ0n) is 15.2. The van der Waals surface area contributed by atoms with Gasteiger partial charge in [-0.05, 0) is 30.3 Å². The number of hydrogen-bond acceptors (Lipinski definition) is 4. The summed E-state index contributed by atoms with van der Waals surface area (Å²) in [7, 11) is 2.94. The number of carbonyl (C=O) groups is 1. The molecule has 148 valence electrons. The van der Waals surface area contributed by atoms with Crippen molar-refractivity contribution in [3.8, 4) is 11.5 Å². The van der Waals surface area contributed by atoms with E-state index in [0.29, 0.717) is 22.6 Å². The minimum absolute atomic E-state index is 0.167. The van der Waals surface area contributed by atoms with Crippen molar-refractivity contribution < 1.29 is 27.4 Å². The first kappa shape index (κ1) is 19.5. The molecule has 0 aliphatic rings. The first-order valence-electron chi connectivity index (χ1n) is 8.37. The zero-order chi connectivity index (χ0) is 20.3. The number of nitrogens with one attached hydrogen (secondary N) is 1. The number of halogens is 3. The van der Waals surface area contributed by atoms with E-state index in [1.807, 2.05) is 0 Å².